The van der Waals surface area contributed by atoms with Gasteiger partial charge in [-0.1, -0.05) is 12.1 Å². The van der Waals surface area contributed by atoms with Crippen molar-refractivity contribution in [2.45, 2.75) is 38.8 Å². The molecule has 3 N–H and O–H groups in total. The van der Waals surface area contributed by atoms with Crippen LogP contribution in [0.15, 0.2) is 18.2 Å². The van der Waals surface area contributed by atoms with Crippen LogP contribution >= 0.6 is 0 Å². The van der Waals surface area contributed by atoms with E-state index in [4.69, 9.17) is 5.73 Å². The SMILES string of the molecule is CC(N)Cc1cccc2c1CC(C)N2. The number of benzene rings is 1. The lowest BCUT2D eigenvalue weighted by molar-refractivity contribution is 0.729. The predicted molar refractivity (Wildman–Crippen MR) is 60.6 cm³/mol. The minimum atomic E-state index is 0.248. The Kier molecular flexibility index (Phi) is 2.46. The van der Waals surface area contributed by atoms with Gasteiger partial charge in [-0.25, -0.2) is 0 Å². The van der Waals surface area contributed by atoms with Gasteiger partial charge in [-0.05, 0) is 43.9 Å². The summed E-state index contributed by atoms with van der Waals surface area (Å²) in [6.07, 6.45) is 2.12. The maximum atomic E-state index is 5.83. The molecule has 14 heavy (non-hydrogen) atoms. The minimum absolute atomic E-state index is 0.248. The predicted octanol–water partition coefficient (Wildman–Crippen LogP) is 1.93. The van der Waals surface area contributed by atoms with Gasteiger partial charge in [0, 0.05) is 17.8 Å². The average molecular weight is 190 g/mol. The summed E-state index contributed by atoms with van der Waals surface area (Å²) in [5.74, 6) is 0. The van der Waals surface area contributed by atoms with Crippen molar-refractivity contribution in [2.75, 3.05) is 5.32 Å². The molecular formula is C12H18N2. The van der Waals surface area contributed by atoms with Crippen LogP contribution in [-0.2, 0) is 12.8 Å². The smallest absolute Gasteiger partial charge is 0.0378 e. The van der Waals surface area contributed by atoms with E-state index in [9.17, 15) is 0 Å². The molecule has 0 bridgehead atoms. The lowest BCUT2D eigenvalue weighted by Crippen LogP contribution is -2.18. The van der Waals surface area contributed by atoms with Gasteiger partial charge in [0.1, 0.15) is 0 Å². The lowest BCUT2D eigenvalue weighted by Gasteiger charge is -2.09. The molecule has 2 nitrogen and oxygen atoms in total. The van der Waals surface area contributed by atoms with Crippen molar-refractivity contribution in [1.82, 2.24) is 0 Å². The van der Waals surface area contributed by atoms with Crippen molar-refractivity contribution in [3.05, 3.63) is 29.3 Å². The molecule has 0 aliphatic carbocycles. The van der Waals surface area contributed by atoms with Crippen LogP contribution in [0.2, 0.25) is 0 Å². The van der Waals surface area contributed by atoms with Crippen LogP contribution in [0, 0.1) is 0 Å². The van der Waals surface area contributed by atoms with E-state index in [0.29, 0.717) is 6.04 Å². The number of nitrogens with one attached hydrogen (secondary N) is 1. The monoisotopic (exact) mass is 190 g/mol. The molecule has 2 unspecified atom stereocenters. The van der Waals surface area contributed by atoms with Crippen LogP contribution in [0.5, 0.6) is 0 Å². The molecule has 1 aromatic carbocycles. The first kappa shape index (κ1) is 9.53. The maximum absolute atomic E-state index is 5.83. The summed E-state index contributed by atoms with van der Waals surface area (Å²) in [4.78, 5) is 0. The van der Waals surface area contributed by atoms with Crippen LogP contribution in [0.4, 0.5) is 5.69 Å². The summed E-state index contributed by atoms with van der Waals surface area (Å²) in [7, 11) is 0. The fourth-order valence-corrected chi connectivity index (χ4v) is 2.17. The maximum Gasteiger partial charge on any atom is 0.0378 e. The molecule has 2 atom stereocenters. The molecule has 1 aromatic rings. The number of hydrogen-bond acceptors (Lipinski definition) is 2. The molecule has 0 saturated heterocycles. The zero-order valence-electron chi connectivity index (χ0n) is 8.88. The number of anilines is 1. The minimum Gasteiger partial charge on any atom is -0.382 e. The third-order valence-corrected chi connectivity index (χ3v) is 2.73. The molecule has 76 valence electrons. The van der Waals surface area contributed by atoms with Gasteiger partial charge in [-0.15, -0.1) is 0 Å². The van der Waals surface area contributed by atoms with E-state index in [2.05, 4.69) is 37.4 Å². The molecule has 1 aliphatic heterocycles. The first-order valence-corrected chi connectivity index (χ1v) is 5.29. The highest BCUT2D eigenvalue weighted by molar-refractivity contribution is 5.59. The second-order valence-electron chi connectivity index (χ2n) is 4.37. The van der Waals surface area contributed by atoms with Gasteiger partial charge in [-0.2, -0.15) is 0 Å². The molecular weight excluding hydrogens is 172 g/mol. The molecule has 2 rings (SSSR count). The summed E-state index contributed by atoms with van der Waals surface area (Å²) >= 11 is 0. The van der Waals surface area contributed by atoms with Gasteiger partial charge in [0.2, 0.25) is 0 Å². The number of hydrogen-bond donors (Lipinski definition) is 2. The summed E-state index contributed by atoms with van der Waals surface area (Å²) in [5, 5.41) is 3.47. The topological polar surface area (TPSA) is 38.0 Å². The molecule has 0 fully saturated rings. The molecule has 1 heterocycles. The Labute approximate surface area is 85.5 Å². The van der Waals surface area contributed by atoms with Crippen LogP contribution in [0.3, 0.4) is 0 Å². The summed E-state index contributed by atoms with van der Waals surface area (Å²) in [6, 6.07) is 7.28. The highest BCUT2D eigenvalue weighted by Crippen LogP contribution is 2.29. The van der Waals surface area contributed by atoms with Crippen molar-refractivity contribution >= 4 is 5.69 Å². The van der Waals surface area contributed by atoms with Crippen LogP contribution in [0.1, 0.15) is 25.0 Å². The second-order valence-corrected chi connectivity index (χ2v) is 4.37. The number of rotatable bonds is 2. The van der Waals surface area contributed by atoms with Gasteiger partial charge < -0.3 is 11.1 Å². The highest BCUT2D eigenvalue weighted by Gasteiger charge is 2.19. The Morgan fingerprint density at radius 1 is 1.57 bits per heavy atom. The highest BCUT2D eigenvalue weighted by atomic mass is 14.9. The van der Waals surface area contributed by atoms with Crippen LogP contribution < -0.4 is 11.1 Å². The van der Waals surface area contributed by atoms with E-state index in [1.165, 1.54) is 16.8 Å². The van der Waals surface area contributed by atoms with Crippen molar-refractivity contribution < 1.29 is 0 Å². The summed E-state index contributed by atoms with van der Waals surface area (Å²) in [6.45, 7) is 4.28. The normalized spacial score (nSPS) is 21.5. The van der Waals surface area contributed by atoms with Gasteiger partial charge in [0.25, 0.3) is 0 Å². The fraction of sp³-hybridized carbons (Fsp3) is 0.500. The van der Waals surface area contributed by atoms with Gasteiger partial charge in [-0.3, -0.25) is 0 Å². The Morgan fingerprint density at radius 2 is 2.36 bits per heavy atom. The molecule has 0 aromatic heterocycles. The molecule has 1 aliphatic rings. The first-order valence-electron chi connectivity index (χ1n) is 5.29. The summed E-state index contributed by atoms with van der Waals surface area (Å²) in [5.41, 5.74) is 10.0. The number of nitrogens with two attached hydrogens (primary N) is 1. The second kappa shape index (κ2) is 3.62. The van der Waals surface area contributed by atoms with Gasteiger partial charge in [0.15, 0.2) is 0 Å². The van der Waals surface area contributed by atoms with E-state index in [1.807, 2.05) is 0 Å². The largest absolute Gasteiger partial charge is 0.382 e. The third kappa shape index (κ3) is 1.75. The van der Waals surface area contributed by atoms with Crippen molar-refractivity contribution in [2.24, 2.45) is 5.73 Å². The van der Waals surface area contributed by atoms with E-state index in [0.717, 1.165) is 12.8 Å². The lowest BCUT2D eigenvalue weighted by atomic mass is 9.98. The zero-order chi connectivity index (χ0) is 10.1. The van der Waals surface area contributed by atoms with E-state index < -0.39 is 0 Å². The third-order valence-electron chi connectivity index (χ3n) is 2.73. The molecule has 0 radical (unpaired) electrons. The van der Waals surface area contributed by atoms with Crippen molar-refractivity contribution in [3.63, 3.8) is 0 Å². The fourth-order valence-electron chi connectivity index (χ4n) is 2.17. The van der Waals surface area contributed by atoms with Crippen molar-refractivity contribution in [1.29, 1.82) is 0 Å². The van der Waals surface area contributed by atoms with Crippen molar-refractivity contribution in [3.8, 4) is 0 Å². The zero-order valence-corrected chi connectivity index (χ0v) is 8.88. The Hall–Kier alpha value is -1.02. The van der Waals surface area contributed by atoms with Gasteiger partial charge >= 0.3 is 0 Å². The van der Waals surface area contributed by atoms with E-state index in [1.54, 1.807) is 0 Å². The molecule has 0 amide bonds. The van der Waals surface area contributed by atoms with Crippen LogP contribution in [0.25, 0.3) is 0 Å². The van der Waals surface area contributed by atoms with Crippen LogP contribution in [-0.4, -0.2) is 12.1 Å². The van der Waals surface area contributed by atoms with Gasteiger partial charge in [0.05, 0.1) is 0 Å². The summed E-state index contributed by atoms with van der Waals surface area (Å²) < 4.78 is 0. The average Bonchev–Trinajstić information content (AvgIpc) is 2.45. The van der Waals surface area contributed by atoms with E-state index in [-0.39, 0.29) is 6.04 Å². The Morgan fingerprint density at radius 3 is 3.07 bits per heavy atom. The standard InChI is InChI=1S/C12H18N2/c1-8(13)6-10-4-3-5-12-11(10)7-9(2)14-12/h3-5,8-9,14H,6-7,13H2,1-2H3. The van der Waals surface area contributed by atoms with E-state index >= 15 is 0 Å². The first-order chi connectivity index (χ1) is 6.66. The Bertz CT molecular complexity index is 331. The molecule has 2 heteroatoms. The Balaban J connectivity index is 2.30. The quantitative estimate of drug-likeness (QED) is 0.748. The molecule has 0 saturated carbocycles. The molecule has 0 spiro atoms. The number of fused-ring (bicyclic) bond motifs is 1.